The molecule has 0 radical (unpaired) electrons. The first-order chi connectivity index (χ1) is 5.41. The summed E-state index contributed by atoms with van der Waals surface area (Å²) in [6.07, 6.45) is 2.62. The maximum absolute atomic E-state index is 9.74. The Hall–Kier alpha value is -0.0800. The zero-order valence-corrected chi connectivity index (χ0v) is 8.25. The SMILES string of the molecule is C[C@H]1CC[C@H](C(C)(C)O)C[C@H]1O. The van der Waals surface area contributed by atoms with E-state index in [0.29, 0.717) is 5.92 Å². The van der Waals surface area contributed by atoms with Crippen LogP contribution in [0.3, 0.4) is 0 Å². The molecule has 2 N–H and O–H groups in total. The lowest BCUT2D eigenvalue weighted by Crippen LogP contribution is -2.39. The summed E-state index contributed by atoms with van der Waals surface area (Å²) in [6, 6.07) is 0. The molecule has 2 heteroatoms. The van der Waals surface area contributed by atoms with E-state index in [2.05, 4.69) is 6.92 Å². The third-order valence-corrected chi connectivity index (χ3v) is 3.15. The summed E-state index contributed by atoms with van der Waals surface area (Å²) >= 11 is 0. The highest BCUT2D eigenvalue weighted by molar-refractivity contribution is 4.85. The minimum atomic E-state index is -0.624. The van der Waals surface area contributed by atoms with Gasteiger partial charge in [-0.05, 0) is 44.9 Å². The molecule has 0 saturated heterocycles. The van der Waals surface area contributed by atoms with Crippen molar-refractivity contribution < 1.29 is 10.2 Å². The van der Waals surface area contributed by atoms with Gasteiger partial charge in [0.05, 0.1) is 11.7 Å². The summed E-state index contributed by atoms with van der Waals surface area (Å²) in [5.41, 5.74) is -0.624. The van der Waals surface area contributed by atoms with Crippen LogP contribution in [0.1, 0.15) is 40.0 Å². The molecule has 0 aliphatic heterocycles. The van der Waals surface area contributed by atoms with Gasteiger partial charge in [0.15, 0.2) is 0 Å². The number of aliphatic hydroxyl groups excluding tert-OH is 1. The van der Waals surface area contributed by atoms with Gasteiger partial charge in [-0.2, -0.15) is 0 Å². The van der Waals surface area contributed by atoms with E-state index >= 15 is 0 Å². The zero-order chi connectivity index (χ0) is 9.35. The van der Waals surface area contributed by atoms with E-state index in [9.17, 15) is 10.2 Å². The largest absolute Gasteiger partial charge is 0.393 e. The fourth-order valence-corrected chi connectivity index (χ4v) is 1.94. The lowest BCUT2D eigenvalue weighted by atomic mass is 9.74. The highest BCUT2D eigenvalue weighted by Gasteiger charge is 2.34. The van der Waals surface area contributed by atoms with Crippen LogP contribution in [0.25, 0.3) is 0 Å². The van der Waals surface area contributed by atoms with E-state index in [1.165, 1.54) is 0 Å². The molecule has 1 aliphatic rings. The van der Waals surface area contributed by atoms with Gasteiger partial charge < -0.3 is 10.2 Å². The van der Waals surface area contributed by atoms with Crippen molar-refractivity contribution >= 4 is 0 Å². The van der Waals surface area contributed by atoms with E-state index in [1.807, 2.05) is 13.8 Å². The van der Waals surface area contributed by atoms with Crippen LogP contribution in [0.5, 0.6) is 0 Å². The van der Waals surface area contributed by atoms with Gasteiger partial charge in [-0.15, -0.1) is 0 Å². The van der Waals surface area contributed by atoms with Crippen LogP contribution < -0.4 is 0 Å². The second kappa shape index (κ2) is 3.35. The molecular weight excluding hydrogens is 152 g/mol. The molecule has 2 nitrogen and oxygen atoms in total. The average Bonchev–Trinajstić information content (AvgIpc) is 1.92. The Balaban J connectivity index is 2.51. The Bertz CT molecular complexity index is 148. The topological polar surface area (TPSA) is 40.5 Å². The second-order valence-electron chi connectivity index (χ2n) is 4.71. The van der Waals surface area contributed by atoms with Crippen molar-refractivity contribution in [1.82, 2.24) is 0 Å². The van der Waals surface area contributed by atoms with Crippen LogP contribution in [0.15, 0.2) is 0 Å². The first kappa shape index (κ1) is 10.0. The van der Waals surface area contributed by atoms with E-state index in [-0.39, 0.29) is 12.0 Å². The summed E-state index contributed by atoms with van der Waals surface area (Å²) in [5, 5.41) is 19.3. The molecule has 1 aliphatic carbocycles. The van der Waals surface area contributed by atoms with E-state index in [1.54, 1.807) is 0 Å². The van der Waals surface area contributed by atoms with Gasteiger partial charge in [-0.25, -0.2) is 0 Å². The molecule has 0 unspecified atom stereocenters. The van der Waals surface area contributed by atoms with Crippen LogP contribution in [-0.2, 0) is 0 Å². The van der Waals surface area contributed by atoms with Crippen LogP contribution in [0.4, 0.5) is 0 Å². The predicted octanol–water partition coefficient (Wildman–Crippen LogP) is 1.55. The lowest BCUT2D eigenvalue weighted by Gasteiger charge is -2.37. The van der Waals surface area contributed by atoms with Gasteiger partial charge in [0.25, 0.3) is 0 Å². The van der Waals surface area contributed by atoms with Gasteiger partial charge in [-0.1, -0.05) is 6.92 Å². The molecule has 1 saturated carbocycles. The third-order valence-electron chi connectivity index (χ3n) is 3.15. The Kier molecular flexibility index (Phi) is 2.79. The summed E-state index contributed by atoms with van der Waals surface area (Å²) in [5.74, 6) is 0.673. The number of aliphatic hydroxyl groups is 2. The molecule has 1 fully saturated rings. The summed E-state index contributed by atoms with van der Waals surface area (Å²) < 4.78 is 0. The molecule has 0 aromatic rings. The number of rotatable bonds is 1. The molecule has 0 aromatic carbocycles. The van der Waals surface area contributed by atoms with E-state index in [0.717, 1.165) is 19.3 Å². The van der Waals surface area contributed by atoms with Crippen molar-refractivity contribution in [3.8, 4) is 0 Å². The zero-order valence-electron chi connectivity index (χ0n) is 8.25. The van der Waals surface area contributed by atoms with Crippen LogP contribution >= 0.6 is 0 Å². The first-order valence-electron chi connectivity index (χ1n) is 4.81. The second-order valence-corrected chi connectivity index (χ2v) is 4.71. The minimum Gasteiger partial charge on any atom is -0.393 e. The van der Waals surface area contributed by atoms with Crippen LogP contribution in [-0.4, -0.2) is 21.9 Å². The van der Waals surface area contributed by atoms with Gasteiger partial charge in [-0.3, -0.25) is 0 Å². The van der Waals surface area contributed by atoms with Crippen molar-refractivity contribution in [2.75, 3.05) is 0 Å². The quantitative estimate of drug-likeness (QED) is 0.630. The van der Waals surface area contributed by atoms with E-state index < -0.39 is 5.60 Å². The Morgan fingerprint density at radius 3 is 2.25 bits per heavy atom. The molecular formula is C10H20O2. The molecule has 3 atom stereocenters. The molecule has 0 heterocycles. The Morgan fingerprint density at radius 2 is 1.83 bits per heavy atom. The summed E-state index contributed by atoms with van der Waals surface area (Å²) in [6.45, 7) is 5.74. The maximum atomic E-state index is 9.74. The van der Waals surface area contributed by atoms with Gasteiger partial charge in [0.1, 0.15) is 0 Å². The first-order valence-corrected chi connectivity index (χ1v) is 4.81. The molecule has 0 amide bonds. The van der Waals surface area contributed by atoms with Gasteiger partial charge in [0, 0.05) is 0 Å². The Morgan fingerprint density at radius 1 is 1.25 bits per heavy atom. The standard InChI is InChI=1S/C10H20O2/c1-7-4-5-8(6-9(7)11)10(2,3)12/h7-9,11-12H,4-6H2,1-3H3/t7-,8-,9+/m0/s1. The fraction of sp³-hybridized carbons (Fsp3) is 1.00. The van der Waals surface area contributed by atoms with Crippen LogP contribution in [0, 0.1) is 11.8 Å². The average molecular weight is 172 g/mol. The van der Waals surface area contributed by atoms with Crippen molar-refractivity contribution in [2.45, 2.75) is 51.7 Å². The molecule has 0 bridgehead atoms. The number of hydrogen-bond acceptors (Lipinski definition) is 2. The highest BCUT2D eigenvalue weighted by atomic mass is 16.3. The van der Waals surface area contributed by atoms with Gasteiger partial charge in [0.2, 0.25) is 0 Å². The Labute approximate surface area is 74.6 Å². The van der Waals surface area contributed by atoms with Gasteiger partial charge >= 0.3 is 0 Å². The van der Waals surface area contributed by atoms with Crippen molar-refractivity contribution in [3.63, 3.8) is 0 Å². The lowest BCUT2D eigenvalue weighted by molar-refractivity contribution is -0.0443. The van der Waals surface area contributed by atoms with Crippen LogP contribution in [0.2, 0.25) is 0 Å². The third kappa shape index (κ3) is 2.20. The normalized spacial score (nSPS) is 38.2. The van der Waals surface area contributed by atoms with Crippen molar-refractivity contribution in [3.05, 3.63) is 0 Å². The summed E-state index contributed by atoms with van der Waals surface area (Å²) in [7, 11) is 0. The molecule has 0 aromatic heterocycles. The summed E-state index contributed by atoms with van der Waals surface area (Å²) in [4.78, 5) is 0. The predicted molar refractivity (Wildman–Crippen MR) is 48.8 cm³/mol. The fourth-order valence-electron chi connectivity index (χ4n) is 1.94. The highest BCUT2D eigenvalue weighted by Crippen LogP contribution is 2.35. The minimum absolute atomic E-state index is 0.213. The van der Waals surface area contributed by atoms with Crippen molar-refractivity contribution in [1.29, 1.82) is 0 Å². The molecule has 0 spiro atoms. The smallest absolute Gasteiger partial charge is 0.0620 e. The number of hydrogen-bond donors (Lipinski definition) is 2. The van der Waals surface area contributed by atoms with E-state index in [4.69, 9.17) is 0 Å². The molecule has 12 heavy (non-hydrogen) atoms. The monoisotopic (exact) mass is 172 g/mol. The molecule has 1 rings (SSSR count). The maximum Gasteiger partial charge on any atom is 0.0620 e. The van der Waals surface area contributed by atoms with Crippen molar-refractivity contribution in [2.24, 2.45) is 11.8 Å². The molecule has 72 valence electrons.